The number of thiophene rings is 1. The van der Waals surface area contributed by atoms with Gasteiger partial charge in [-0.3, -0.25) is 0 Å². The number of hydrogen-bond donors (Lipinski definition) is 1. The summed E-state index contributed by atoms with van der Waals surface area (Å²) in [7, 11) is 0. The highest BCUT2D eigenvalue weighted by Crippen LogP contribution is 2.34. The van der Waals surface area contributed by atoms with Crippen molar-refractivity contribution in [3.8, 4) is 10.7 Å². The maximum atomic E-state index is 4.83. The van der Waals surface area contributed by atoms with Crippen molar-refractivity contribution in [3.05, 3.63) is 25.2 Å². The van der Waals surface area contributed by atoms with E-state index in [4.69, 9.17) is 9.97 Å². The molecule has 1 N–H and O–H groups in total. The molecule has 2 aromatic rings. The quantitative estimate of drug-likeness (QED) is 0.572. The molecule has 0 unspecified atom stereocenters. The number of halogens is 2. The van der Waals surface area contributed by atoms with E-state index in [9.17, 15) is 0 Å². The van der Waals surface area contributed by atoms with E-state index in [1.807, 2.05) is 6.07 Å². The van der Waals surface area contributed by atoms with E-state index in [1.54, 1.807) is 11.3 Å². The number of hydrogen-bond acceptors (Lipinski definition) is 4. The fourth-order valence-corrected chi connectivity index (χ4v) is 4.41. The molecule has 0 fully saturated rings. The predicted octanol–water partition coefficient (Wildman–Crippen LogP) is 5.69. The number of nitrogens with zero attached hydrogens (tertiary/aromatic N) is 2. The zero-order valence-electron chi connectivity index (χ0n) is 12.6. The van der Waals surface area contributed by atoms with Crippen LogP contribution in [0.5, 0.6) is 0 Å². The molecular formula is C15H19BrIN3S. The van der Waals surface area contributed by atoms with Crippen molar-refractivity contribution in [2.24, 2.45) is 0 Å². The lowest BCUT2D eigenvalue weighted by Gasteiger charge is -2.22. The Morgan fingerprint density at radius 2 is 2.00 bits per heavy atom. The van der Waals surface area contributed by atoms with Gasteiger partial charge in [-0.05, 0) is 57.1 Å². The Hall–Kier alpha value is -0.210. The van der Waals surface area contributed by atoms with E-state index in [2.05, 4.69) is 77.6 Å². The van der Waals surface area contributed by atoms with Crippen LogP contribution in [-0.2, 0) is 5.41 Å². The molecule has 0 spiro atoms. The van der Waals surface area contributed by atoms with Crippen LogP contribution in [0.15, 0.2) is 15.9 Å². The lowest BCUT2D eigenvalue weighted by molar-refractivity contribution is 0.564. The molecule has 0 aliphatic heterocycles. The van der Waals surface area contributed by atoms with E-state index in [0.29, 0.717) is 0 Å². The summed E-state index contributed by atoms with van der Waals surface area (Å²) in [6.07, 6.45) is 1.07. The third-order valence-corrected chi connectivity index (χ3v) is 5.54. The van der Waals surface area contributed by atoms with Gasteiger partial charge in [0, 0.05) is 12.0 Å². The third-order valence-electron chi connectivity index (χ3n) is 2.90. The maximum absolute atomic E-state index is 4.83. The van der Waals surface area contributed by atoms with Crippen LogP contribution in [0.2, 0.25) is 0 Å². The molecule has 3 nitrogen and oxygen atoms in total. The summed E-state index contributed by atoms with van der Waals surface area (Å²) >= 11 is 7.52. The van der Waals surface area contributed by atoms with Crippen LogP contribution in [0.25, 0.3) is 10.7 Å². The third kappa shape index (κ3) is 4.16. The van der Waals surface area contributed by atoms with Gasteiger partial charge < -0.3 is 5.32 Å². The highest BCUT2D eigenvalue weighted by atomic mass is 127. The molecule has 0 bridgehead atoms. The van der Waals surface area contributed by atoms with Gasteiger partial charge in [0.15, 0.2) is 5.82 Å². The van der Waals surface area contributed by atoms with Crippen LogP contribution in [0.1, 0.15) is 39.8 Å². The van der Waals surface area contributed by atoms with Crippen LogP contribution < -0.4 is 5.32 Å². The summed E-state index contributed by atoms with van der Waals surface area (Å²) in [5.74, 6) is 1.74. The fourth-order valence-electron chi connectivity index (χ4n) is 1.85. The zero-order chi connectivity index (χ0) is 15.6. The van der Waals surface area contributed by atoms with Crippen molar-refractivity contribution < 1.29 is 0 Å². The summed E-state index contributed by atoms with van der Waals surface area (Å²) in [4.78, 5) is 10.6. The first-order valence-electron chi connectivity index (χ1n) is 6.90. The van der Waals surface area contributed by atoms with Crippen molar-refractivity contribution in [3.63, 3.8) is 0 Å². The Kier molecular flexibility index (Phi) is 5.65. The van der Waals surface area contributed by atoms with Crippen LogP contribution in [0.4, 0.5) is 5.82 Å². The van der Waals surface area contributed by atoms with Crippen molar-refractivity contribution >= 4 is 55.7 Å². The molecule has 0 aromatic carbocycles. The van der Waals surface area contributed by atoms with E-state index in [1.165, 1.54) is 0 Å². The zero-order valence-corrected chi connectivity index (χ0v) is 17.2. The normalized spacial score (nSPS) is 11.7. The molecule has 0 saturated carbocycles. The first-order valence-corrected chi connectivity index (χ1v) is 9.59. The van der Waals surface area contributed by atoms with E-state index in [0.717, 1.165) is 42.5 Å². The molecule has 21 heavy (non-hydrogen) atoms. The Balaban J connectivity index is 2.55. The van der Waals surface area contributed by atoms with Crippen LogP contribution >= 0.6 is 49.9 Å². The van der Waals surface area contributed by atoms with Gasteiger partial charge in [-0.1, -0.05) is 27.7 Å². The van der Waals surface area contributed by atoms with E-state index >= 15 is 0 Å². The lowest BCUT2D eigenvalue weighted by Crippen LogP contribution is -2.19. The first kappa shape index (κ1) is 17.1. The van der Waals surface area contributed by atoms with Gasteiger partial charge in [-0.25, -0.2) is 9.97 Å². The smallest absolute Gasteiger partial charge is 0.171 e. The van der Waals surface area contributed by atoms with Gasteiger partial charge in [0.2, 0.25) is 0 Å². The topological polar surface area (TPSA) is 37.8 Å². The van der Waals surface area contributed by atoms with Crippen LogP contribution in [-0.4, -0.2) is 16.5 Å². The van der Waals surface area contributed by atoms with Crippen LogP contribution in [0.3, 0.4) is 0 Å². The predicted molar refractivity (Wildman–Crippen MR) is 103 cm³/mol. The van der Waals surface area contributed by atoms with Crippen molar-refractivity contribution in [2.75, 3.05) is 11.9 Å². The number of aromatic nitrogens is 2. The molecule has 6 heteroatoms. The van der Waals surface area contributed by atoms with Crippen molar-refractivity contribution in [2.45, 2.75) is 39.5 Å². The van der Waals surface area contributed by atoms with Gasteiger partial charge in [-0.2, -0.15) is 0 Å². The van der Waals surface area contributed by atoms with E-state index in [-0.39, 0.29) is 5.41 Å². The molecule has 2 aromatic heterocycles. The molecule has 0 atom stereocenters. The van der Waals surface area contributed by atoms with Crippen molar-refractivity contribution in [1.29, 1.82) is 0 Å². The largest absolute Gasteiger partial charge is 0.369 e. The van der Waals surface area contributed by atoms with Gasteiger partial charge in [0.1, 0.15) is 5.82 Å². The van der Waals surface area contributed by atoms with Gasteiger partial charge in [0.25, 0.3) is 0 Å². The molecule has 114 valence electrons. The van der Waals surface area contributed by atoms with Gasteiger partial charge >= 0.3 is 0 Å². The standard InChI is InChI=1S/C15H19BrIN3S/c1-5-8-18-14-11(17)12(15(2,3)4)19-13(20-14)9-6-7-10(16)21-9/h6-7H,5,8H2,1-4H3,(H,18,19,20). The minimum atomic E-state index is -0.00858. The molecule has 2 rings (SSSR count). The Morgan fingerprint density at radius 3 is 2.52 bits per heavy atom. The molecule has 0 amide bonds. The Labute approximate surface area is 152 Å². The summed E-state index contributed by atoms with van der Waals surface area (Å²) in [6.45, 7) is 9.65. The minimum Gasteiger partial charge on any atom is -0.369 e. The number of anilines is 1. The van der Waals surface area contributed by atoms with Crippen LogP contribution in [0, 0.1) is 3.57 Å². The maximum Gasteiger partial charge on any atom is 0.171 e. The Bertz CT molecular complexity index is 634. The number of nitrogens with one attached hydrogen (secondary N) is 1. The average Bonchev–Trinajstić information content (AvgIpc) is 2.83. The average molecular weight is 480 g/mol. The minimum absolute atomic E-state index is 0.00858. The SMILES string of the molecule is CCCNc1nc(-c2ccc(Br)s2)nc(C(C)(C)C)c1I. The van der Waals surface area contributed by atoms with Gasteiger partial charge in [-0.15, -0.1) is 11.3 Å². The number of rotatable bonds is 4. The molecular weight excluding hydrogens is 461 g/mol. The second-order valence-electron chi connectivity index (χ2n) is 5.84. The first-order chi connectivity index (χ1) is 9.82. The second kappa shape index (κ2) is 6.91. The fraction of sp³-hybridized carbons (Fsp3) is 0.467. The van der Waals surface area contributed by atoms with Gasteiger partial charge in [0.05, 0.1) is 17.9 Å². The summed E-state index contributed by atoms with van der Waals surface area (Å²) in [5, 5.41) is 3.43. The van der Waals surface area contributed by atoms with E-state index < -0.39 is 0 Å². The lowest BCUT2D eigenvalue weighted by atomic mass is 9.92. The second-order valence-corrected chi connectivity index (χ2v) is 9.38. The highest BCUT2D eigenvalue weighted by molar-refractivity contribution is 14.1. The molecule has 0 aliphatic rings. The monoisotopic (exact) mass is 479 g/mol. The van der Waals surface area contributed by atoms with Crippen molar-refractivity contribution in [1.82, 2.24) is 9.97 Å². The highest BCUT2D eigenvalue weighted by Gasteiger charge is 2.23. The molecule has 0 aliphatic carbocycles. The molecule has 2 heterocycles. The Morgan fingerprint density at radius 1 is 1.29 bits per heavy atom. The molecule has 0 saturated heterocycles. The molecule has 0 radical (unpaired) electrons. The summed E-state index contributed by atoms with van der Waals surface area (Å²) < 4.78 is 2.22. The summed E-state index contributed by atoms with van der Waals surface area (Å²) in [5.41, 5.74) is 1.09. The summed E-state index contributed by atoms with van der Waals surface area (Å²) in [6, 6.07) is 4.10.